The van der Waals surface area contributed by atoms with E-state index in [9.17, 15) is 4.79 Å². The Hall–Kier alpha value is -1.75. The molecule has 1 atom stereocenters. The van der Waals surface area contributed by atoms with Crippen LogP contribution in [0.2, 0.25) is 0 Å². The molecule has 0 fully saturated rings. The van der Waals surface area contributed by atoms with Crippen molar-refractivity contribution >= 4 is 27.8 Å². The van der Waals surface area contributed by atoms with E-state index >= 15 is 0 Å². The summed E-state index contributed by atoms with van der Waals surface area (Å²) in [5.74, 6) is 0.427. The molecule has 20 heavy (non-hydrogen) atoms. The third kappa shape index (κ3) is 2.58. The Morgan fingerprint density at radius 3 is 3.20 bits per heavy atom. The fourth-order valence-electron chi connectivity index (χ4n) is 2.34. The quantitative estimate of drug-likeness (QED) is 0.643. The highest BCUT2D eigenvalue weighted by molar-refractivity contribution is 7.18. The standard InChI is InChI=1S/C15H17N3OS/c1-2-12-8-13-14(20-12)16-10-18(15(13)19)17-9-11-6-4-3-5-7-11/h3-4,8-11H,2,5-7H2,1H3/b17-9-/t11-/m1/s1. The van der Waals surface area contributed by atoms with Crippen molar-refractivity contribution in [3.8, 4) is 0 Å². The van der Waals surface area contributed by atoms with Crippen molar-refractivity contribution in [1.29, 1.82) is 0 Å². The second-order valence-corrected chi connectivity index (χ2v) is 6.10. The summed E-state index contributed by atoms with van der Waals surface area (Å²) in [4.78, 5) is 18.6. The maximum atomic E-state index is 12.3. The summed E-state index contributed by atoms with van der Waals surface area (Å²) in [7, 11) is 0. The zero-order valence-electron chi connectivity index (χ0n) is 11.5. The van der Waals surface area contributed by atoms with Crippen molar-refractivity contribution in [2.45, 2.75) is 32.6 Å². The van der Waals surface area contributed by atoms with E-state index in [1.807, 2.05) is 12.3 Å². The number of aryl methyl sites for hydroxylation is 1. The summed E-state index contributed by atoms with van der Waals surface area (Å²) < 4.78 is 1.35. The van der Waals surface area contributed by atoms with E-state index in [1.165, 1.54) is 15.9 Å². The molecule has 0 bridgehead atoms. The Bertz CT molecular complexity index is 726. The molecule has 0 amide bonds. The van der Waals surface area contributed by atoms with Gasteiger partial charge >= 0.3 is 0 Å². The van der Waals surface area contributed by atoms with Crippen LogP contribution in [0.3, 0.4) is 0 Å². The molecule has 3 rings (SSSR count). The van der Waals surface area contributed by atoms with Gasteiger partial charge in [-0.15, -0.1) is 11.3 Å². The van der Waals surface area contributed by atoms with Crippen LogP contribution in [0.25, 0.3) is 10.2 Å². The van der Waals surface area contributed by atoms with Gasteiger partial charge < -0.3 is 0 Å². The maximum absolute atomic E-state index is 12.3. The lowest BCUT2D eigenvalue weighted by atomic mass is 9.96. The van der Waals surface area contributed by atoms with Crippen molar-refractivity contribution in [3.05, 3.63) is 39.8 Å². The zero-order valence-corrected chi connectivity index (χ0v) is 12.3. The third-order valence-corrected chi connectivity index (χ3v) is 4.73. The van der Waals surface area contributed by atoms with E-state index in [2.05, 4.69) is 29.2 Å². The van der Waals surface area contributed by atoms with Gasteiger partial charge in [0.15, 0.2) is 0 Å². The summed E-state index contributed by atoms with van der Waals surface area (Å²) in [5.41, 5.74) is -0.0754. The second-order valence-electron chi connectivity index (χ2n) is 4.99. The molecule has 0 unspecified atom stereocenters. The lowest BCUT2D eigenvalue weighted by molar-refractivity contribution is 0.620. The first kappa shape index (κ1) is 13.2. The van der Waals surface area contributed by atoms with Crippen molar-refractivity contribution in [2.24, 2.45) is 11.0 Å². The Kier molecular flexibility index (Phi) is 3.78. The lowest BCUT2D eigenvalue weighted by Crippen LogP contribution is -2.17. The first-order valence-electron chi connectivity index (χ1n) is 6.97. The molecule has 2 aromatic rings. The first-order valence-corrected chi connectivity index (χ1v) is 7.79. The van der Waals surface area contributed by atoms with Crippen LogP contribution in [0.5, 0.6) is 0 Å². The Morgan fingerprint density at radius 2 is 2.45 bits per heavy atom. The van der Waals surface area contributed by atoms with Crippen LogP contribution in [-0.2, 0) is 6.42 Å². The van der Waals surface area contributed by atoms with Gasteiger partial charge in [-0.1, -0.05) is 19.1 Å². The molecule has 104 valence electrons. The van der Waals surface area contributed by atoms with Crippen LogP contribution >= 0.6 is 11.3 Å². The van der Waals surface area contributed by atoms with E-state index in [4.69, 9.17) is 0 Å². The summed E-state index contributed by atoms with van der Waals surface area (Å²) in [5, 5.41) is 4.98. The molecule has 1 aliphatic carbocycles. The topological polar surface area (TPSA) is 47.2 Å². The van der Waals surface area contributed by atoms with Crippen molar-refractivity contribution in [2.75, 3.05) is 0 Å². The number of aromatic nitrogens is 2. The fourth-order valence-corrected chi connectivity index (χ4v) is 3.26. The molecule has 5 heteroatoms. The minimum absolute atomic E-state index is 0.0754. The smallest absolute Gasteiger partial charge is 0.267 e. The van der Waals surface area contributed by atoms with Crippen molar-refractivity contribution in [1.82, 2.24) is 9.66 Å². The van der Waals surface area contributed by atoms with Gasteiger partial charge in [0, 0.05) is 11.1 Å². The molecule has 0 radical (unpaired) electrons. The fraction of sp³-hybridized carbons (Fsp3) is 0.400. The van der Waals surface area contributed by atoms with E-state index in [0.717, 1.165) is 30.5 Å². The molecule has 0 saturated heterocycles. The van der Waals surface area contributed by atoms with Gasteiger partial charge in [-0.3, -0.25) is 4.79 Å². The van der Waals surface area contributed by atoms with Gasteiger partial charge in [-0.25, -0.2) is 4.98 Å². The minimum atomic E-state index is -0.0754. The minimum Gasteiger partial charge on any atom is -0.267 e. The first-order chi connectivity index (χ1) is 9.78. The summed E-state index contributed by atoms with van der Waals surface area (Å²) >= 11 is 1.58. The van der Waals surface area contributed by atoms with Gasteiger partial charge in [0.05, 0.1) is 5.39 Å². The third-order valence-electron chi connectivity index (χ3n) is 3.55. The Balaban J connectivity index is 1.91. The number of thiophene rings is 1. The van der Waals surface area contributed by atoms with E-state index < -0.39 is 0 Å². The highest BCUT2D eigenvalue weighted by Gasteiger charge is 2.09. The molecule has 0 N–H and O–H groups in total. The highest BCUT2D eigenvalue weighted by atomic mass is 32.1. The van der Waals surface area contributed by atoms with Crippen LogP contribution in [0, 0.1) is 5.92 Å². The van der Waals surface area contributed by atoms with E-state index in [-0.39, 0.29) is 5.56 Å². The largest absolute Gasteiger partial charge is 0.282 e. The molecular formula is C15H17N3OS. The van der Waals surface area contributed by atoms with Crippen LogP contribution in [0.1, 0.15) is 31.1 Å². The van der Waals surface area contributed by atoms with Crippen molar-refractivity contribution < 1.29 is 0 Å². The number of hydrogen-bond donors (Lipinski definition) is 0. The molecule has 4 nitrogen and oxygen atoms in total. The number of hydrogen-bond acceptors (Lipinski definition) is 4. The van der Waals surface area contributed by atoms with Crippen LogP contribution < -0.4 is 5.56 Å². The normalized spacial score (nSPS) is 19.1. The second kappa shape index (κ2) is 5.71. The maximum Gasteiger partial charge on any atom is 0.282 e. The lowest BCUT2D eigenvalue weighted by Gasteiger charge is -2.11. The van der Waals surface area contributed by atoms with Gasteiger partial charge in [0.25, 0.3) is 5.56 Å². The average molecular weight is 287 g/mol. The molecule has 2 aromatic heterocycles. The van der Waals surface area contributed by atoms with E-state index in [0.29, 0.717) is 11.3 Å². The molecule has 1 aliphatic rings. The number of fused-ring (bicyclic) bond motifs is 1. The van der Waals surface area contributed by atoms with Gasteiger partial charge in [-0.05, 0) is 37.7 Å². The van der Waals surface area contributed by atoms with Crippen LogP contribution in [-0.4, -0.2) is 15.9 Å². The average Bonchev–Trinajstić information content (AvgIpc) is 2.92. The summed E-state index contributed by atoms with van der Waals surface area (Å²) in [6.07, 6.45) is 11.9. The molecule has 0 spiro atoms. The molecule has 2 heterocycles. The van der Waals surface area contributed by atoms with Crippen molar-refractivity contribution in [3.63, 3.8) is 0 Å². The predicted molar refractivity (Wildman–Crippen MR) is 83.6 cm³/mol. The van der Waals surface area contributed by atoms with Gasteiger partial charge in [0.1, 0.15) is 11.2 Å². The summed E-state index contributed by atoms with van der Waals surface area (Å²) in [6, 6.07) is 1.94. The van der Waals surface area contributed by atoms with Gasteiger partial charge in [0.2, 0.25) is 0 Å². The molecular weight excluding hydrogens is 270 g/mol. The molecule has 0 saturated carbocycles. The van der Waals surface area contributed by atoms with Crippen LogP contribution in [0.4, 0.5) is 0 Å². The Morgan fingerprint density at radius 1 is 1.55 bits per heavy atom. The zero-order chi connectivity index (χ0) is 13.9. The summed E-state index contributed by atoms with van der Waals surface area (Å²) in [6.45, 7) is 2.08. The molecule has 0 aromatic carbocycles. The van der Waals surface area contributed by atoms with E-state index in [1.54, 1.807) is 11.3 Å². The highest BCUT2D eigenvalue weighted by Crippen LogP contribution is 2.21. The van der Waals surface area contributed by atoms with Gasteiger partial charge in [-0.2, -0.15) is 9.78 Å². The SMILES string of the molecule is CCc1cc2c(=O)n(/N=C\[C@@H]3CC=CCC3)cnc2s1. The molecule has 0 aliphatic heterocycles. The predicted octanol–water partition coefficient (Wildman–Crippen LogP) is 3.21. The number of rotatable bonds is 3. The Labute approximate surface area is 121 Å². The monoisotopic (exact) mass is 287 g/mol. The number of allylic oxidation sites excluding steroid dienone is 2. The van der Waals surface area contributed by atoms with Crippen LogP contribution in [0.15, 0.2) is 34.4 Å². The number of nitrogens with zero attached hydrogens (tertiary/aromatic N) is 3.